The molecule has 2 aromatic rings. The van der Waals surface area contributed by atoms with E-state index in [-0.39, 0.29) is 5.97 Å². The van der Waals surface area contributed by atoms with E-state index in [0.717, 1.165) is 18.6 Å². The molecule has 0 atom stereocenters. The molecule has 3 heteroatoms. The summed E-state index contributed by atoms with van der Waals surface area (Å²) in [6.45, 7) is 16.0. The second-order valence-electron chi connectivity index (χ2n) is 9.99. The van der Waals surface area contributed by atoms with Gasteiger partial charge >= 0.3 is 5.97 Å². The summed E-state index contributed by atoms with van der Waals surface area (Å²) in [6.07, 6.45) is 1.30. The summed E-state index contributed by atoms with van der Waals surface area (Å²) in [7, 11) is 0. The second kappa shape index (κ2) is 8.93. The number of benzene rings is 2. The highest BCUT2D eigenvalue weighted by atomic mass is 16.6. The van der Waals surface area contributed by atoms with Gasteiger partial charge in [0, 0.05) is 0 Å². The summed E-state index contributed by atoms with van der Waals surface area (Å²) in [6, 6.07) is 11.3. The van der Waals surface area contributed by atoms with Gasteiger partial charge in [0.2, 0.25) is 0 Å². The van der Waals surface area contributed by atoms with Crippen molar-refractivity contribution in [2.75, 3.05) is 6.61 Å². The van der Waals surface area contributed by atoms with Gasteiger partial charge in [-0.15, -0.1) is 0 Å². The Labute approximate surface area is 181 Å². The molecule has 1 aliphatic heterocycles. The zero-order valence-electron chi connectivity index (χ0n) is 19.6. The Morgan fingerprint density at radius 3 is 2.17 bits per heavy atom. The third-order valence-corrected chi connectivity index (χ3v) is 5.62. The molecule has 0 spiro atoms. The second-order valence-corrected chi connectivity index (χ2v) is 9.99. The molecule has 3 nitrogen and oxygen atoms in total. The predicted molar refractivity (Wildman–Crippen MR) is 123 cm³/mol. The zero-order chi connectivity index (χ0) is 22.1. The Bertz CT molecular complexity index is 887. The van der Waals surface area contributed by atoms with Crippen molar-refractivity contribution in [1.82, 2.24) is 0 Å². The third-order valence-electron chi connectivity index (χ3n) is 5.62. The normalized spacial score (nSPS) is 14.2. The van der Waals surface area contributed by atoms with Crippen LogP contribution in [0.4, 0.5) is 0 Å². The highest BCUT2D eigenvalue weighted by Crippen LogP contribution is 2.35. The van der Waals surface area contributed by atoms with Crippen LogP contribution in [0.5, 0.6) is 0 Å². The number of esters is 1. The standard InChI is InChI=1S/C27H36O3/c1-17(2)23-13-21(20-9-8-19-10-11-29-16-22(19)12-20)14-24(18(3)4)25(23)15-26(28)30-27(5,6)7/h8-9,12-14,17-18H,10-11,15-16H2,1-7H3. The summed E-state index contributed by atoms with van der Waals surface area (Å²) in [5, 5.41) is 0. The number of rotatable bonds is 5. The van der Waals surface area contributed by atoms with Crippen molar-refractivity contribution in [3.05, 3.63) is 58.1 Å². The van der Waals surface area contributed by atoms with Crippen LogP contribution in [0.2, 0.25) is 0 Å². The molecule has 162 valence electrons. The maximum Gasteiger partial charge on any atom is 0.310 e. The molecule has 0 aromatic heterocycles. The van der Waals surface area contributed by atoms with E-state index in [1.54, 1.807) is 0 Å². The maximum absolute atomic E-state index is 12.7. The quantitative estimate of drug-likeness (QED) is 0.526. The van der Waals surface area contributed by atoms with Gasteiger partial charge in [-0.25, -0.2) is 0 Å². The first-order valence-corrected chi connectivity index (χ1v) is 11.1. The van der Waals surface area contributed by atoms with Gasteiger partial charge in [-0.1, -0.05) is 52.0 Å². The number of hydrogen-bond acceptors (Lipinski definition) is 3. The molecule has 0 bridgehead atoms. The summed E-state index contributed by atoms with van der Waals surface area (Å²) in [4.78, 5) is 12.7. The van der Waals surface area contributed by atoms with Crippen LogP contribution in [0, 0.1) is 0 Å². The van der Waals surface area contributed by atoms with Gasteiger partial charge in [-0.2, -0.15) is 0 Å². The lowest BCUT2D eigenvalue weighted by Crippen LogP contribution is -2.25. The number of carbonyl (C=O) groups is 1. The van der Waals surface area contributed by atoms with Crippen molar-refractivity contribution < 1.29 is 14.3 Å². The van der Waals surface area contributed by atoms with Crippen molar-refractivity contribution in [3.8, 4) is 11.1 Å². The molecule has 0 unspecified atom stereocenters. The van der Waals surface area contributed by atoms with Gasteiger partial charge in [0.15, 0.2) is 0 Å². The largest absolute Gasteiger partial charge is 0.460 e. The fourth-order valence-electron chi connectivity index (χ4n) is 4.19. The van der Waals surface area contributed by atoms with E-state index >= 15 is 0 Å². The van der Waals surface area contributed by atoms with E-state index in [9.17, 15) is 4.79 Å². The first-order valence-electron chi connectivity index (χ1n) is 11.1. The lowest BCUT2D eigenvalue weighted by atomic mass is 9.83. The molecule has 2 aromatic carbocycles. The highest BCUT2D eigenvalue weighted by Gasteiger charge is 2.23. The topological polar surface area (TPSA) is 35.5 Å². The SMILES string of the molecule is CC(C)c1cc(-c2ccc3c(c2)COCC3)cc(C(C)C)c1CC(=O)OC(C)(C)C. The van der Waals surface area contributed by atoms with Gasteiger partial charge in [-0.3, -0.25) is 4.79 Å². The van der Waals surface area contributed by atoms with Crippen molar-refractivity contribution >= 4 is 5.97 Å². The van der Waals surface area contributed by atoms with Gasteiger partial charge in [-0.05, 0) is 84.0 Å². The lowest BCUT2D eigenvalue weighted by Gasteiger charge is -2.24. The minimum atomic E-state index is -0.474. The number of fused-ring (bicyclic) bond motifs is 1. The van der Waals surface area contributed by atoms with E-state index in [4.69, 9.17) is 9.47 Å². The monoisotopic (exact) mass is 408 g/mol. The molecule has 0 radical (unpaired) electrons. The Morgan fingerprint density at radius 2 is 1.60 bits per heavy atom. The van der Waals surface area contributed by atoms with Gasteiger partial charge in [0.1, 0.15) is 5.60 Å². The number of hydrogen-bond donors (Lipinski definition) is 0. The van der Waals surface area contributed by atoms with Crippen LogP contribution in [-0.4, -0.2) is 18.2 Å². The average molecular weight is 409 g/mol. The molecule has 0 N–H and O–H groups in total. The number of ether oxygens (including phenoxy) is 2. The Morgan fingerprint density at radius 1 is 0.967 bits per heavy atom. The van der Waals surface area contributed by atoms with E-state index in [0.29, 0.717) is 24.9 Å². The molecular formula is C27H36O3. The molecule has 30 heavy (non-hydrogen) atoms. The van der Waals surface area contributed by atoms with Crippen LogP contribution in [-0.2, 0) is 33.7 Å². The molecule has 0 amide bonds. The van der Waals surface area contributed by atoms with E-state index in [1.165, 1.54) is 33.4 Å². The van der Waals surface area contributed by atoms with Crippen LogP contribution in [0.3, 0.4) is 0 Å². The molecular weight excluding hydrogens is 372 g/mol. The molecule has 0 saturated carbocycles. The van der Waals surface area contributed by atoms with Crippen LogP contribution in [0.1, 0.15) is 88.1 Å². The highest BCUT2D eigenvalue weighted by molar-refractivity contribution is 5.76. The van der Waals surface area contributed by atoms with E-state index < -0.39 is 5.60 Å². The molecule has 3 rings (SSSR count). The van der Waals surface area contributed by atoms with E-state index in [1.807, 2.05) is 20.8 Å². The Balaban J connectivity index is 2.06. The molecule has 0 saturated heterocycles. The van der Waals surface area contributed by atoms with Crippen LogP contribution >= 0.6 is 0 Å². The molecule has 0 aliphatic carbocycles. The summed E-state index contributed by atoms with van der Waals surface area (Å²) >= 11 is 0. The van der Waals surface area contributed by atoms with Crippen molar-refractivity contribution in [1.29, 1.82) is 0 Å². The van der Waals surface area contributed by atoms with Crippen molar-refractivity contribution in [3.63, 3.8) is 0 Å². The molecule has 0 fully saturated rings. The Hall–Kier alpha value is -2.13. The maximum atomic E-state index is 12.7. The summed E-state index contributed by atoms with van der Waals surface area (Å²) in [5.41, 5.74) is 8.22. The van der Waals surface area contributed by atoms with E-state index in [2.05, 4.69) is 58.0 Å². The third kappa shape index (κ3) is 5.31. The number of carbonyl (C=O) groups excluding carboxylic acids is 1. The van der Waals surface area contributed by atoms with Crippen molar-refractivity contribution in [2.24, 2.45) is 0 Å². The first kappa shape index (κ1) is 22.6. The summed E-state index contributed by atoms with van der Waals surface area (Å²) in [5.74, 6) is 0.478. The fraction of sp³-hybridized carbons (Fsp3) is 0.519. The fourth-order valence-corrected chi connectivity index (χ4v) is 4.19. The first-order chi connectivity index (χ1) is 14.0. The predicted octanol–water partition coefficient (Wildman–Crippen LogP) is 6.56. The van der Waals surface area contributed by atoms with Crippen LogP contribution in [0.25, 0.3) is 11.1 Å². The average Bonchev–Trinajstić information content (AvgIpc) is 2.65. The summed E-state index contributed by atoms with van der Waals surface area (Å²) < 4.78 is 11.3. The smallest absolute Gasteiger partial charge is 0.310 e. The van der Waals surface area contributed by atoms with Crippen molar-refractivity contribution in [2.45, 2.75) is 85.4 Å². The Kier molecular flexibility index (Phi) is 6.71. The molecule has 1 heterocycles. The minimum Gasteiger partial charge on any atom is -0.460 e. The zero-order valence-corrected chi connectivity index (χ0v) is 19.6. The van der Waals surface area contributed by atoms with Crippen LogP contribution in [0.15, 0.2) is 30.3 Å². The van der Waals surface area contributed by atoms with Crippen LogP contribution < -0.4 is 0 Å². The van der Waals surface area contributed by atoms with Gasteiger partial charge in [0.05, 0.1) is 19.6 Å². The van der Waals surface area contributed by atoms with Gasteiger partial charge in [0.25, 0.3) is 0 Å². The minimum absolute atomic E-state index is 0.162. The van der Waals surface area contributed by atoms with Gasteiger partial charge < -0.3 is 9.47 Å². The molecule has 1 aliphatic rings. The lowest BCUT2D eigenvalue weighted by molar-refractivity contribution is -0.153.